The average Bonchev–Trinajstić information content (AvgIpc) is 3.00. The van der Waals surface area contributed by atoms with Crippen molar-refractivity contribution in [1.82, 2.24) is 3.59 Å². The molecule has 4 rings (SSSR count). The van der Waals surface area contributed by atoms with Crippen molar-refractivity contribution >= 4 is 61.3 Å². The minimum Gasteiger partial charge on any atom is -0.364 e. The van der Waals surface area contributed by atoms with E-state index in [9.17, 15) is 0 Å². The van der Waals surface area contributed by atoms with Gasteiger partial charge in [0, 0.05) is 22.8 Å². The summed E-state index contributed by atoms with van der Waals surface area (Å²) in [6.07, 6.45) is 4.76. The molecule has 0 amide bonds. The van der Waals surface area contributed by atoms with Crippen LogP contribution in [0.1, 0.15) is 12.8 Å². The number of benzene rings is 1. The first-order valence-electron chi connectivity index (χ1n) is 6.79. The van der Waals surface area contributed by atoms with E-state index in [0.717, 1.165) is 11.9 Å². The van der Waals surface area contributed by atoms with Crippen molar-refractivity contribution in [1.29, 1.82) is 0 Å². The van der Waals surface area contributed by atoms with Crippen LogP contribution in [0.3, 0.4) is 0 Å². The van der Waals surface area contributed by atoms with Gasteiger partial charge in [0.1, 0.15) is 0 Å². The summed E-state index contributed by atoms with van der Waals surface area (Å²) < 4.78 is 2.01. The maximum absolute atomic E-state index is 4.23. The van der Waals surface area contributed by atoms with Crippen molar-refractivity contribution in [3.8, 4) is 0 Å². The number of fused-ring (bicyclic) bond motifs is 2. The van der Waals surface area contributed by atoms with Gasteiger partial charge in [-0.1, -0.05) is 28.6 Å². The van der Waals surface area contributed by atoms with Gasteiger partial charge in [0.2, 0.25) is 0 Å². The van der Waals surface area contributed by atoms with Gasteiger partial charge in [0.15, 0.2) is 0 Å². The molecule has 102 valence electrons. The molecule has 0 saturated carbocycles. The second kappa shape index (κ2) is 4.50. The number of hydrogen-bond donors (Lipinski definition) is 0. The standard InChI is InChI=1S/C16H14Br2N2/c1-10-12-8-11(9-17)13-6-3-7-19(13)14-4-2-5-15(16(12)14)20(10)18/h2,4-5,8-9,13H,1,3,6-7H2/b11-9+. The number of nitrogens with zero attached hydrogens (tertiary/aromatic N) is 2. The van der Waals surface area contributed by atoms with Crippen molar-refractivity contribution in [3.05, 3.63) is 39.3 Å². The van der Waals surface area contributed by atoms with E-state index in [1.807, 2.05) is 3.59 Å². The van der Waals surface area contributed by atoms with Crippen molar-refractivity contribution in [2.45, 2.75) is 18.9 Å². The van der Waals surface area contributed by atoms with Crippen molar-refractivity contribution in [2.24, 2.45) is 0 Å². The molecule has 1 aromatic heterocycles. The fraction of sp³-hybridized carbons (Fsp3) is 0.250. The molecule has 0 bridgehead atoms. The molecule has 1 fully saturated rings. The zero-order chi connectivity index (χ0) is 13.9. The minimum absolute atomic E-state index is 0.482. The lowest BCUT2D eigenvalue weighted by atomic mass is 10.1. The highest BCUT2D eigenvalue weighted by Gasteiger charge is 2.30. The highest BCUT2D eigenvalue weighted by Crippen LogP contribution is 2.36. The Kier molecular flexibility index (Phi) is 2.86. The van der Waals surface area contributed by atoms with Crippen molar-refractivity contribution < 1.29 is 0 Å². The Balaban J connectivity index is 2.22. The van der Waals surface area contributed by atoms with Crippen LogP contribution >= 0.6 is 32.1 Å². The summed E-state index contributed by atoms with van der Waals surface area (Å²) in [6, 6.07) is 7.00. The fourth-order valence-corrected chi connectivity index (χ4v) is 4.45. The molecular formula is C16H14Br2N2. The largest absolute Gasteiger partial charge is 0.364 e. The maximum atomic E-state index is 4.23. The molecule has 1 atom stereocenters. The molecule has 0 spiro atoms. The third-order valence-corrected chi connectivity index (χ3v) is 5.77. The van der Waals surface area contributed by atoms with Crippen molar-refractivity contribution in [3.63, 3.8) is 0 Å². The smallest absolute Gasteiger partial charge is 0.0625 e. The van der Waals surface area contributed by atoms with Crippen LogP contribution in [0, 0.1) is 0 Å². The van der Waals surface area contributed by atoms with Gasteiger partial charge in [-0.2, -0.15) is 0 Å². The number of halogens is 2. The maximum Gasteiger partial charge on any atom is 0.0625 e. The molecule has 0 N–H and O–H groups in total. The lowest BCUT2D eigenvalue weighted by molar-refractivity contribution is 0.789. The second-order valence-corrected chi connectivity index (χ2v) is 6.58. The van der Waals surface area contributed by atoms with E-state index in [-0.39, 0.29) is 0 Å². The van der Waals surface area contributed by atoms with Crippen molar-refractivity contribution in [2.75, 3.05) is 11.4 Å². The van der Waals surface area contributed by atoms with Gasteiger partial charge in [-0.15, -0.1) is 0 Å². The predicted octanol–water partition coefficient (Wildman–Crippen LogP) is 3.25. The van der Waals surface area contributed by atoms with E-state index < -0.39 is 0 Å². The van der Waals surface area contributed by atoms with E-state index in [4.69, 9.17) is 0 Å². The molecule has 2 nitrogen and oxygen atoms in total. The lowest BCUT2D eigenvalue weighted by Crippen LogP contribution is -2.29. The monoisotopic (exact) mass is 392 g/mol. The van der Waals surface area contributed by atoms with Crippen LogP contribution in [-0.2, 0) is 0 Å². The van der Waals surface area contributed by atoms with Gasteiger partial charge in [-0.3, -0.25) is 3.59 Å². The quantitative estimate of drug-likeness (QED) is 0.666. The molecule has 1 aromatic carbocycles. The van der Waals surface area contributed by atoms with E-state index in [1.54, 1.807) is 0 Å². The second-order valence-electron chi connectivity index (χ2n) is 5.42. The SMILES string of the molecule is C=c1c2c3c(cccc3n1Br)N1CCCC1/C(=C/Br)C=2. The number of anilines is 1. The van der Waals surface area contributed by atoms with Crippen LogP contribution in [0.25, 0.3) is 23.6 Å². The molecule has 1 unspecified atom stereocenters. The molecule has 0 radical (unpaired) electrons. The molecule has 3 heterocycles. The van der Waals surface area contributed by atoms with Gasteiger partial charge < -0.3 is 4.90 Å². The van der Waals surface area contributed by atoms with Crippen LogP contribution < -0.4 is 15.5 Å². The van der Waals surface area contributed by atoms with Gasteiger partial charge >= 0.3 is 0 Å². The Morgan fingerprint density at radius 1 is 1.35 bits per heavy atom. The van der Waals surface area contributed by atoms with E-state index in [1.165, 1.54) is 40.2 Å². The number of aromatic nitrogens is 1. The van der Waals surface area contributed by atoms with Crippen LogP contribution in [-0.4, -0.2) is 16.2 Å². The van der Waals surface area contributed by atoms with E-state index in [2.05, 4.69) is 72.8 Å². The molecule has 20 heavy (non-hydrogen) atoms. The molecule has 2 aliphatic rings. The summed E-state index contributed by atoms with van der Waals surface area (Å²) in [5.41, 5.74) is 3.87. The summed E-state index contributed by atoms with van der Waals surface area (Å²) in [5, 5.41) is 3.55. The summed E-state index contributed by atoms with van der Waals surface area (Å²) in [7, 11) is 0. The normalized spacial score (nSPS) is 23.0. The zero-order valence-electron chi connectivity index (χ0n) is 10.9. The molecule has 2 aliphatic heterocycles. The van der Waals surface area contributed by atoms with E-state index in [0.29, 0.717) is 6.04 Å². The molecule has 1 saturated heterocycles. The van der Waals surface area contributed by atoms with Gasteiger partial charge in [-0.05, 0) is 41.6 Å². The average molecular weight is 394 g/mol. The van der Waals surface area contributed by atoms with Gasteiger partial charge in [0.25, 0.3) is 0 Å². The van der Waals surface area contributed by atoms with Crippen LogP contribution in [0.15, 0.2) is 28.8 Å². The Morgan fingerprint density at radius 3 is 3.00 bits per heavy atom. The summed E-state index contributed by atoms with van der Waals surface area (Å²) >= 11 is 7.18. The first-order chi connectivity index (χ1) is 9.72. The molecule has 0 aliphatic carbocycles. The Bertz CT molecular complexity index is 847. The minimum atomic E-state index is 0.482. The third kappa shape index (κ3) is 1.55. The molecule has 2 aromatic rings. The van der Waals surface area contributed by atoms with E-state index >= 15 is 0 Å². The topological polar surface area (TPSA) is 8.17 Å². The molecule has 4 heteroatoms. The first kappa shape index (κ1) is 12.7. The lowest BCUT2D eigenvalue weighted by Gasteiger charge is -2.27. The Morgan fingerprint density at radius 2 is 2.20 bits per heavy atom. The molecular weight excluding hydrogens is 380 g/mol. The highest BCUT2D eigenvalue weighted by molar-refractivity contribution is 9.11. The Labute approximate surface area is 134 Å². The first-order valence-corrected chi connectivity index (χ1v) is 8.42. The van der Waals surface area contributed by atoms with Crippen LogP contribution in [0.5, 0.6) is 0 Å². The fourth-order valence-electron chi connectivity index (χ4n) is 3.53. The summed E-state index contributed by atoms with van der Waals surface area (Å²) in [6.45, 7) is 5.36. The summed E-state index contributed by atoms with van der Waals surface area (Å²) in [4.78, 5) is 4.60. The third-order valence-electron chi connectivity index (χ3n) is 4.43. The highest BCUT2D eigenvalue weighted by atomic mass is 79.9. The zero-order valence-corrected chi connectivity index (χ0v) is 14.1. The van der Waals surface area contributed by atoms with Gasteiger partial charge in [0.05, 0.1) is 33.1 Å². The predicted molar refractivity (Wildman–Crippen MR) is 92.9 cm³/mol. The Hall–Kier alpha value is -1.000. The number of hydrogen-bond acceptors (Lipinski definition) is 1. The number of rotatable bonds is 0. The summed E-state index contributed by atoms with van der Waals surface area (Å²) in [5.74, 6) is 0. The van der Waals surface area contributed by atoms with Crippen LogP contribution in [0.2, 0.25) is 0 Å². The van der Waals surface area contributed by atoms with Gasteiger partial charge in [-0.25, -0.2) is 0 Å². The van der Waals surface area contributed by atoms with Crippen LogP contribution in [0.4, 0.5) is 5.69 Å².